The van der Waals surface area contributed by atoms with E-state index in [2.05, 4.69) is 0 Å². The van der Waals surface area contributed by atoms with Gasteiger partial charge in [0.15, 0.2) is 0 Å². The van der Waals surface area contributed by atoms with Crippen LogP contribution in [0.4, 0.5) is 4.39 Å². The van der Waals surface area contributed by atoms with Crippen LogP contribution >= 0.6 is 11.6 Å². The van der Waals surface area contributed by atoms with E-state index in [1.54, 1.807) is 18.2 Å². The summed E-state index contributed by atoms with van der Waals surface area (Å²) in [7, 11) is 0. The lowest BCUT2D eigenvalue weighted by Crippen LogP contribution is -2.19. The van der Waals surface area contributed by atoms with Gasteiger partial charge in [0.25, 0.3) is 5.70 Å². The Labute approximate surface area is 124 Å². The van der Waals surface area contributed by atoms with Crippen molar-refractivity contribution in [3.05, 3.63) is 80.2 Å². The lowest BCUT2D eigenvalue weighted by atomic mass is 10.0. The molecule has 21 heavy (non-hydrogen) atoms. The number of rotatable bonds is 2. The predicted molar refractivity (Wildman–Crippen MR) is 76.2 cm³/mol. The van der Waals surface area contributed by atoms with Crippen molar-refractivity contribution < 1.29 is 14.1 Å². The number of halogens is 2. The molecule has 1 aliphatic heterocycles. The highest BCUT2D eigenvalue weighted by Crippen LogP contribution is 2.38. The van der Waals surface area contributed by atoms with Gasteiger partial charge in [0.05, 0.1) is 4.92 Å². The van der Waals surface area contributed by atoms with Gasteiger partial charge < -0.3 is 4.74 Å². The summed E-state index contributed by atoms with van der Waals surface area (Å²) >= 11 is 5.88. The molecule has 1 heterocycles. The Morgan fingerprint density at radius 1 is 1.19 bits per heavy atom. The van der Waals surface area contributed by atoms with Crippen molar-refractivity contribution in [2.45, 2.75) is 6.10 Å². The fourth-order valence-corrected chi connectivity index (χ4v) is 2.37. The zero-order valence-corrected chi connectivity index (χ0v) is 11.4. The van der Waals surface area contributed by atoms with Gasteiger partial charge in [-0.05, 0) is 30.3 Å². The van der Waals surface area contributed by atoms with Gasteiger partial charge >= 0.3 is 0 Å². The molecule has 1 aliphatic rings. The Hall–Kier alpha value is -2.40. The summed E-state index contributed by atoms with van der Waals surface area (Å²) < 4.78 is 18.7. The molecule has 4 nitrogen and oxygen atoms in total. The molecular formula is C15H9ClFNO3. The fourth-order valence-electron chi connectivity index (χ4n) is 2.19. The quantitative estimate of drug-likeness (QED) is 0.616. The summed E-state index contributed by atoms with van der Waals surface area (Å²) in [5.41, 5.74) is 0.948. The van der Waals surface area contributed by atoms with E-state index in [0.29, 0.717) is 21.9 Å². The molecule has 0 aliphatic carbocycles. The zero-order chi connectivity index (χ0) is 15.0. The minimum atomic E-state index is -0.880. The number of hydrogen-bond donors (Lipinski definition) is 0. The van der Waals surface area contributed by atoms with Gasteiger partial charge in [-0.2, -0.15) is 0 Å². The largest absolute Gasteiger partial charge is 0.474 e. The molecule has 2 aromatic carbocycles. The van der Waals surface area contributed by atoms with Crippen molar-refractivity contribution in [3.8, 4) is 5.75 Å². The maximum absolute atomic E-state index is 13.0. The van der Waals surface area contributed by atoms with E-state index >= 15 is 0 Å². The molecule has 0 spiro atoms. The highest BCUT2D eigenvalue weighted by molar-refractivity contribution is 6.30. The van der Waals surface area contributed by atoms with Gasteiger partial charge in [-0.15, -0.1) is 0 Å². The molecule has 0 unspecified atom stereocenters. The summed E-state index contributed by atoms with van der Waals surface area (Å²) in [5, 5.41) is 11.7. The Kier molecular flexibility index (Phi) is 3.35. The number of fused-ring (bicyclic) bond motifs is 1. The van der Waals surface area contributed by atoms with Crippen LogP contribution < -0.4 is 4.74 Å². The lowest BCUT2D eigenvalue weighted by molar-refractivity contribution is -0.434. The topological polar surface area (TPSA) is 52.4 Å². The summed E-state index contributed by atoms with van der Waals surface area (Å²) in [6.45, 7) is 0. The summed E-state index contributed by atoms with van der Waals surface area (Å²) in [6, 6.07) is 10.3. The lowest BCUT2D eigenvalue weighted by Gasteiger charge is -2.22. The SMILES string of the molecule is O=[N+]([O-])C1=Cc2cc(Cl)ccc2O[C@H]1c1ccc(F)cc1. The normalized spacial score (nSPS) is 16.7. The number of nitrogens with zero attached hydrogens (tertiary/aromatic N) is 1. The van der Waals surface area contributed by atoms with E-state index in [1.165, 1.54) is 30.3 Å². The molecule has 6 heteroatoms. The van der Waals surface area contributed by atoms with Crippen LogP contribution in [0.15, 0.2) is 48.2 Å². The molecule has 3 rings (SSSR count). The fraction of sp³-hybridized carbons (Fsp3) is 0.0667. The van der Waals surface area contributed by atoms with Crippen LogP contribution in [0.5, 0.6) is 5.75 Å². The highest BCUT2D eigenvalue weighted by Gasteiger charge is 2.33. The number of hydrogen-bond acceptors (Lipinski definition) is 3. The van der Waals surface area contributed by atoms with Crippen molar-refractivity contribution in [1.82, 2.24) is 0 Å². The van der Waals surface area contributed by atoms with Crippen LogP contribution in [0.3, 0.4) is 0 Å². The van der Waals surface area contributed by atoms with Gasteiger partial charge in [0.2, 0.25) is 6.10 Å². The van der Waals surface area contributed by atoms with Gasteiger partial charge in [-0.1, -0.05) is 23.7 Å². The van der Waals surface area contributed by atoms with E-state index < -0.39 is 16.8 Å². The summed E-state index contributed by atoms with van der Waals surface area (Å²) in [4.78, 5) is 10.7. The van der Waals surface area contributed by atoms with Crippen molar-refractivity contribution in [3.63, 3.8) is 0 Å². The zero-order valence-electron chi connectivity index (χ0n) is 10.6. The molecule has 0 N–H and O–H groups in total. The van der Waals surface area contributed by atoms with Gasteiger partial charge in [0.1, 0.15) is 11.6 Å². The third-order valence-corrected chi connectivity index (χ3v) is 3.41. The second-order valence-corrected chi connectivity index (χ2v) is 4.99. The molecule has 0 bridgehead atoms. The minimum absolute atomic E-state index is 0.114. The first-order valence-electron chi connectivity index (χ1n) is 6.12. The molecule has 0 saturated heterocycles. The maximum atomic E-state index is 13.0. The molecule has 2 aromatic rings. The van der Waals surface area contributed by atoms with E-state index in [-0.39, 0.29) is 5.70 Å². The number of ether oxygens (including phenoxy) is 1. The maximum Gasteiger partial charge on any atom is 0.291 e. The average molecular weight is 306 g/mol. The second-order valence-electron chi connectivity index (χ2n) is 4.56. The molecule has 0 fully saturated rings. The molecular weight excluding hydrogens is 297 g/mol. The molecule has 0 saturated carbocycles. The third-order valence-electron chi connectivity index (χ3n) is 3.17. The summed E-state index contributed by atoms with van der Waals surface area (Å²) in [5.74, 6) is 0.0905. The van der Waals surface area contributed by atoms with E-state index in [4.69, 9.17) is 16.3 Å². The number of nitro groups is 1. The molecule has 1 atom stereocenters. The highest BCUT2D eigenvalue weighted by atomic mass is 35.5. The minimum Gasteiger partial charge on any atom is -0.474 e. The third kappa shape index (κ3) is 2.60. The predicted octanol–water partition coefficient (Wildman–Crippen LogP) is 4.23. The van der Waals surface area contributed by atoms with Crippen molar-refractivity contribution >= 4 is 17.7 Å². The van der Waals surface area contributed by atoms with Gasteiger partial charge in [-0.25, -0.2) is 4.39 Å². The monoisotopic (exact) mass is 305 g/mol. The first kappa shape index (κ1) is 13.6. The Morgan fingerprint density at radius 3 is 2.57 bits per heavy atom. The van der Waals surface area contributed by atoms with Gasteiger partial charge in [-0.3, -0.25) is 10.1 Å². The van der Waals surface area contributed by atoms with Crippen LogP contribution in [-0.4, -0.2) is 4.92 Å². The smallest absolute Gasteiger partial charge is 0.291 e. The van der Waals surface area contributed by atoms with E-state index in [1.807, 2.05) is 0 Å². The van der Waals surface area contributed by atoms with Crippen molar-refractivity contribution in [2.75, 3.05) is 0 Å². The van der Waals surface area contributed by atoms with Gasteiger partial charge in [0, 0.05) is 22.2 Å². The first-order valence-corrected chi connectivity index (χ1v) is 6.50. The molecule has 106 valence electrons. The molecule has 0 radical (unpaired) electrons. The van der Waals surface area contributed by atoms with Crippen LogP contribution in [0.25, 0.3) is 6.08 Å². The van der Waals surface area contributed by atoms with Crippen LogP contribution in [0.2, 0.25) is 5.02 Å². The van der Waals surface area contributed by atoms with Crippen molar-refractivity contribution in [1.29, 1.82) is 0 Å². The van der Waals surface area contributed by atoms with E-state index in [9.17, 15) is 14.5 Å². The standard InChI is InChI=1S/C15H9ClFNO3/c16-11-3-6-14-10(7-11)8-13(18(19)20)15(21-14)9-1-4-12(17)5-2-9/h1-8,15H/t15-/m0/s1. The molecule has 0 amide bonds. The van der Waals surface area contributed by atoms with Crippen molar-refractivity contribution in [2.24, 2.45) is 0 Å². The van der Waals surface area contributed by atoms with E-state index in [0.717, 1.165) is 0 Å². The van der Waals surface area contributed by atoms with Crippen LogP contribution in [0.1, 0.15) is 17.2 Å². The average Bonchev–Trinajstić information content (AvgIpc) is 2.46. The summed E-state index contributed by atoms with van der Waals surface area (Å²) in [6.07, 6.45) is 0.549. The van der Waals surface area contributed by atoms with Crippen LogP contribution in [0, 0.1) is 15.9 Å². The first-order chi connectivity index (χ1) is 10.0. The Balaban J connectivity index is 2.08. The number of benzene rings is 2. The molecule has 0 aromatic heterocycles. The second kappa shape index (κ2) is 5.18. The van der Waals surface area contributed by atoms with Crippen LogP contribution in [-0.2, 0) is 0 Å². The Bertz CT molecular complexity index is 743. The Morgan fingerprint density at radius 2 is 1.90 bits per heavy atom.